The maximum atomic E-state index is 4.59. The van der Waals surface area contributed by atoms with Gasteiger partial charge in [-0.15, -0.1) is 0 Å². The Bertz CT molecular complexity index is 464. The minimum absolute atomic E-state index is 0.733. The molecule has 0 unspecified atom stereocenters. The van der Waals surface area contributed by atoms with Crippen molar-refractivity contribution in [3.8, 4) is 5.69 Å². The van der Waals surface area contributed by atoms with E-state index >= 15 is 0 Å². The summed E-state index contributed by atoms with van der Waals surface area (Å²) >= 11 is 0. The molecule has 15 heavy (non-hydrogen) atoms. The van der Waals surface area contributed by atoms with Crippen molar-refractivity contribution in [2.24, 2.45) is 0 Å². The Morgan fingerprint density at radius 1 is 1.13 bits per heavy atom. The summed E-state index contributed by atoms with van der Waals surface area (Å²) in [5.41, 5.74) is 3.68. The molecule has 1 aliphatic rings. The molecule has 1 aliphatic carbocycles. The molecule has 0 saturated heterocycles. The standard InChI is InChI=1S/C13H14N2/c1-10-2-6-12(7-3-10)15-9-8-13(14-15)11-4-5-11/h2-3,6-9,11H,4-5H2,1H3. The van der Waals surface area contributed by atoms with Gasteiger partial charge in [0.2, 0.25) is 0 Å². The van der Waals surface area contributed by atoms with E-state index in [0.717, 1.165) is 11.6 Å². The van der Waals surface area contributed by atoms with Crippen LogP contribution in [0.4, 0.5) is 0 Å². The van der Waals surface area contributed by atoms with E-state index in [-0.39, 0.29) is 0 Å². The molecule has 76 valence electrons. The van der Waals surface area contributed by atoms with Crippen molar-refractivity contribution < 1.29 is 0 Å². The van der Waals surface area contributed by atoms with Crippen LogP contribution < -0.4 is 0 Å². The van der Waals surface area contributed by atoms with Crippen LogP contribution in [0.3, 0.4) is 0 Å². The molecule has 2 nitrogen and oxygen atoms in total. The van der Waals surface area contributed by atoms with Gasteiger partial charge in [0.25, 0.3) is 0 Å². The predicted octanol–water partition coefficient (Wildman–Crippen LogP) is 3.06. The third-order valence-electron chi connectivity index (χ3n) is 2.90. The number of aromatic nitrogens is 2. The Morgan fingerprint density at radius 2 is 1.87 bits per heavy atom. The van der Waals surface area contributed by atoms with Crippen molar-refractivity contribution in [3.05, 3.63) is 47.8 Å². The summed E-state index contributed by atoms with van der Waals surface area (Å²) in [6.07, 6.45) is 4.67. The summed E-state index contributed by atoms with van der Waals surface area (Å²) < 4.78 is 1.97. The second-order valence-electron chi connectivity index (χ2n) is 4.29. The molecule has 0 amide bonds. The van der Waals surface area contributed by atoms with Crippen LogP contribution in [-0.4, -0.2) is 9.78 Å². The van der Waals surface area contributed by atoms with Gasteiger partial charge in [0.05, 0.1) is 11.4 Å². The van der Waals surface area contributed by atoms with E-state index in [0.29, 0.717) is 0 Å². The highest BCUT2D eigenvalue weighted by Crippen LogP contribution is 2.38. The van der Waals surface area contributed by atoms with E-state index < -0.39 is 0 Å². The van der Waals surface area contributed by atoms with Crippen LogP contribution in [0, 0.1) is 6.92 Å². The van der Waals surface area contributed by atoms with Gasteiger partial charge in [-0.1, -0.05) is 17.7 Å². The van der Waals surface area contributed by atoms with Crippen molar-refractivity contribution in [1.82, 2.24) is 9.78 Å². The molecule has 1 fully saturated rings. The third-order valence-corrected chi connectivity index (χ3v) is 2.90. The predicted molar refractivity (Wildman–Crippen MR) is 60.3 cm³/mol. The first-order valence-corrected chi connectivity index (χ1v) is 5.45. The average molecular weight is 198 g/mol. The maximum Gasteiger partial charge on any atom is 0.0659 e. The lowest BCUT2D eigenvalue weighted by Gasteiger charge is -2.01. The highest BCUT2D eigenvalue weighted by atomic mass is 15.3. The monoisotopic (exact) mass is 198 g/mol. The SMILES string of the molecule is Cc1ccc(-n2ccc(C3CC3)n2)cc1. The Balaban J connectivity index is 1.93. The second-order valence-corrected chi connectivity index (χ2v) is 4.29. The van der Waals surface area contributed by atoms with Crippen LogP contribution in [0.1, 0.15) is 30.0 Å². The van der Waals surface area contributed by atoms with Crippen molar-refractivity contribution in [1.29, 1.82) is 0 Å². The molecule has 1 heterocycles. The van der Waals surface area contributed by atoms with E-state index in [4.69, 9.17) is 0 Å². The quantitative estimate of drug-likeness (QED) is 0.725. The van der Waals surface area contributed by atoms with Gasteiger partial charge >= 0.3 is 0 Å². The second kappa shape index (κ2) is 3.23. The van der Waals surface area contributed by atoms with E-state index in [2.05, 4.69) is 48.6 Å². The van der Waals surface area contributed by atoms with Gasteiger partial charge in [-0.2, -0.15) is 5.10 Å². The lowest BCUT2D eigenvalue weighted by atomic mass is 10.2. The number of nitrogens with zero attached hydrogens (tertiary/aromatic N) is 2. The Labute approximate surface area is 89.5 Å². The van der Waals surface area contributed by atoms with Crippen LogP contribution in [0.25, 0.3) is 5.69 Å². The van der Waals surface area contributed by atoms with E-state index in [1.165, 1.54) is 24.1 Å². The van der Waals surface area contributed by atoms with Crippen LogP contribution in [0.2, 0.25) is 0 Å². The molecule has 0 bridgehead atoms. The zero-order valence-corrected chi connectivity index (χ0v) is 8.85. The van der Waals surface area contributed by atoms with E-state index in [1.807, 2.05) is 4.68 Å². The summed E-state index contributed by atoms with van der Waals surface area (Å²) in [6, 6.07) is 10.6. The molecule has 1 saturated carbocycles. The van der Waals surface area contributed by atoms with E-state index in [1.54, 1.807) is 0 Å². The molecular formula is C13H14N2. The van der Waals surface area contributed by atoms with Crippen molar-refractivity contribution in [2.45, 2.75) is 25.7 Å². The fourth-order valence-electron chi connectivity index (χ4n) is 1.78. The van der Waals surface area contributed by atoms with Crippen molar-refractivity contribution >= 4 is 0 Å². The molecule has 0 aliphatic heterocycles. The molecule has 0 atom stereocenters. The molecule has 1 aromatic carbocycles. The minimum atomic E-state index is 0.733. The van der Waals surface area contributed by atoms with Crippen molar-refractivity contribution in [2.75, 3.05) is 0 Å². The Kier molecular flexibility index (Phi) is 1.88. The van der Waals surface area contributed by atoms with Crippen LogP contribution in [0.15, 0.2) is 36.5 Å². The number of hydrogen-bond donors (Lipinski definition) is 0. The summed E-state index contributed by atoms with van der Waals surface area (Å²) in [5.74, 6) is 0.733. The molecule has 0 N–H and O–H groups in total. The van der Waals surface area contributed by atoms with Crippen LogP contribution >= 0.6 is 0 Å². The van der Waals surface area contributed by atoms with E-state index in [9.17, 15) is 0 Å². The average Bonchev–Trinajstić information content (AvgIpc) is 2.99. The third kappa shape index (κ3) is 1.67. The molecule has 0 spiro atoms. The van der Waals surface area contributed by atoms with Gasteiger partial charge in [0.15, 0.2) is 0 Å². The molecule has 2 heteroatoms. The van der Waals surface area contributed by atoms with Gasteiger partial charge < -0.3 is 0 Å². The van der Waals surface area contributed by atoms with Gasteiger partial charge in [-0.25, -0.2) is 4.68 Å². The highest BCUT2D eigenvalue weighted by Gasteiger charge is 2.25. The zero-order chi connectivity index (χ0) is 10.3. The Morgan fingerprint density at radius 3 is 2.53 bits per heavy atom. The summed E-state index contributed by atoms with van der Waals surface area (Å²) in [7, 11) is 0. The lowest BCUT2D eigenvalue weighted by Crippen LogP contribution is -1.95. The van der Waals surface area contributed by atoms with Gasteiger partial charge in [0.1, 0.15) is 0 Å². The minimum Gasteiger partial charge on any atom is -0.241 e. The fraction of sp³-hybridized carbons (Fsp3) is 0.308. The summed E-state index contributed by atoms with van der Waals surface area (Å²) in [6.45, 7) is 2.10. The number of rotatable bonds is 2. The zero-order valence-electron chi connectivity index (χ0n) is 8.85. The molecule has 1 aromatic heterocycles. The summed E-state index contributed by atoms with van der Waals surface area (Å²) in [5, 5.41) is 4.59. The first kappa shape index (κ1) is 8.72. The van der Waals surface area contributed by atoms with Crippen molar-refractivity contribution in [3.63, 3.8) is 0 Å². The first-order valence-electron chi connectivity index (χ1n) is 5.45. The summed E-state index contributed by atoms with van der Waals surface area (Å²) in [4.78, 5) is 0. The van der Waals surface area contributed by atoms with Gasteiger partial charge in [-0.05, 0) is 38.0 Å². The lowest BCUT2D eigenvalue weighted by molar-refractivity contribution is 0.837. The Hall–Kier alpha value is -1.57. The molecular weight excluding hydrogens is 184 g/mol. The number of hydrogen-bond acceptors (Lipinski definition) is 1. The highest BCUT2D eigenvalue weighted by molar-refractivity contribution is 5.34. The van der Waals surface area contributed by atoms with Crippen LogP contribution in [-0.2, 0) is 0 Å². The number of benzene rings is 1. The molecule has 2 aromatic rings. The normalized spacial score (nSPS) is 15.5. The largest absolute Gasteiger partial charge is 0.241 e. The number of aryl methyl sites for hydroxylation is 1. The smallest absolute Gasteiger partial charge is 0.0659 e. The molecule has 3 rings (SSSR count). The van der Waals surface area contributed by atoms with Gasteiger partial charge in [0, 0.05) is 12.1 Å². The fourth-order valence-corrected chi connectivity index (χ4v) is 1.78. The first-order chi connectivity index (χ1) is 7.33. The van der Waals surface area contributed by atoms with Gasteiger partial charge in [-0.3, -0.25) is 0 Å². The molecule has 0 radical (unpaired) electrons. The maximum absolute atomic E-state index is 4.59. The van der Waals surface area contributed by atoms with Crippen LogP contribution in [0.5, 0.6) is 0 Å². The topological polar surface area (TPSA) is 17.8 Å².